The number of amides is 1. The molecule has 0 saturated carbocycles. The minimum absolute atomic E-state index is 0.0681. The van der Waals surface area contributed by atoms with Crippen LogP contribution in [0.2, 0.25) is 0 Å². The number of hydrogen-bond donors (Lipinski definition) is 1. The minimum Gasteiger partial charge on any atom is -0.445 e. The number of nitrogens with zero attached hydrogens (tertiary/aromatic N) is 1. The Hall–Kier alpha value is -1.17. The maximum absolute atomic E-state index is 11.9. The first-order valence-corrected chi connectivity index (χ1v) is 8.92. The lowest BCUT2D eigenvalue weighted by molar-refractivity contribution is -0.121. The van der Waals surface area contributed by atoms with Crippen LogP contribution in [-0.2, 0) is 27.4 Å². The number of hydrogen-bond acceptors (Lipinski definition) is 4. The lowest BCUT2D eigenvalue weighted by Crippen LogP contribution is -2.32. The predicted molar refractivity (Wildman–Crippen MR) is 89.3 cm³/mol. The molecule has 0 radical (unpaired) electrons. The fraction of sp³-hybridized carbons (Fsp3) is 0.750. The molecule has 5 nitrogen and oxygen atoms in total. The molecule has 0 aliphatic rings. The van der Waals surface area contributed by atoms with Crippen LogP contribution < -0.4 is 5.32 Å². The largest absolute Gasteiger partial charge is 0.445 e. The standard InChI is InChI=1S/C16H28N2O3S/c1-15(2,3)12-11-18-14(21-12)8-7-13(19)17-9-10-22(20)16(4,5)6/h11H,7-10H2,1-6H3,(H,17,19)/t22-/m0/s1. The first kappa shape index (κ1) is 18.9. The Morgan fingerprint density at radius 1 is 1.27 bits per heavy atom. The number of nitrogens with one attached hydrogen (secondary N) is 1. The monoisotopic (exact) mass is 328 g/mol. The van der Waals surface area contributed by atoms with Gasteiger partial charge < -0.3 is 9.73 Å². The van der Waals surface area contributed by atoms with Crippen LogP contribution in [0, 0.1) is 0 Å². The Balaban J connectivity index is 2.32. The van der Waals surface area contributed by atoms with E-state index < -0.39 is 10.8 Å². The van der Waals surface area contributed by atoms with Crippen LogP contribution in [0.25, 0.3) is 0 Å². The molecular formula is C16H28N2O3S. The highest BCUT2D eigenvalue weighted by molar-refractivity contribution is 7.86. The van der Waals surface area contributed by atoms with Crippen LogP contribution in [0.4, 0.5) is 0 Å². The van der Waals surface area contributed by atoms with Gasteiger partial charge in [0.25, 0.3) is 0 Å². The van der Waals surface area contributed by atoms with Gasteiger partial charge in [0.15, 0.2) is 5.89 Å². The average molecular weight is 328 g/mol. The van der Waals surface area contributed by atoms with Gasteiger partial charge in [-0.25, -0.2) is 4.98 Å². The maximum Gasteiger partial charge on any atom is 0.220 e. The highest BCUT2D eigenvalue weighted by Crippen LogP contribution is 2.22. The van der Waals surface area contributed by atoms with Crippen molar-refractivity contribution in [2.24, 2.45) is 0 Å². The normalized spacial score (nSPS) is 13.9. The summed E-state index contributed by atoms with van der Waals surface area (Å²) in [5.41, 5.74) is -0.0788. The van der Waals surface area contributed by atoms with E-state index in [-0.39, 0.29) is 16.1 Å². The van der Waals surface area contributed by atoms with Crippen LogP contribution >= 0.6 is 0 Å². The van der Waals surface area contributed by atoms with Crippen molar-refractivity contribution in [2.75, 3.05) is 12.3 Å². The van der Waals surface area contributed by atoms with E-state index in [0.29, 0.717) is 31.0 Å². The molecule has 0 aliphatic carbocycles. The van der Waals surface area contributed by atoms with E-state index in [9.17, 15) is 9.00 Å². The van der Waals surface area contributed by atoms with E-state index in [0.717, 1.165) is 5.76 Å². The lowest BCUT2D eigenvalue weighted by atomic mass is 9.94. The number of oxazole rings is 1. The fourth-order valence-electron chi connectivity index (χ4n) is 1.67. The van der Waals surface area contributed by atoms with Crippen molar-refractivity contribution >= 4 is 16.7 Å². The minimum atomic E-state index is -0.946. The first-order chi connectivity index (χ1) is 10.00. The van der Waals surface area contributed by atoms with Gasteiger partial charge in [-0.05, 0) is 20.8 Å². The molecule has 0 aliphatic heterocycles. The van der Waals surface area contributed by atoms with Gasteiger partial charge >= 0.3 is 0 Å². The molecule has 1 N–H and O–H groups in total. The summed E-state index contributed by atoms with van der Waals surface area (Å²) >= 11 is 0. The molecule has 0 fully saturated rings. The number of aromatic nitrogens is 1. The summed E-state index contributed by atoms with van der Waals surface area (Å²) in [5, 5.41) is 2.79. The SMILES string of the molecule is CC(C)(C)c1cnc(CCC(=O)NCC[S@](=O)C(C)(C)C)o1. The molecule has 1 heterocycles. The number of rotatable bonds is 6. The van der Waals surface area contributed by atoms with Gasteiger partial charge in [-0.3, -0.25) is 9.00 Å². The van der Waals surface area contributed by atoms with Crippen LogP contribution in [0.5, 0.6) is 0 Å². The molecule has 0 bridgehead atoms. The van der Waals surface area contributed by atoms with Crippen LogP contribution in [0.1, 0.15) is 59.6 Å². The smallest absolute Gasteiger partial charge is 0.220 e. The van der Waals surface area contributed by atoms with Crippen molar-refractivity contribution in [2.45, 2.75) is 64.5 Å². The molecule has 1 aromatic rings. The van der Waals surface area contributed by atoms with Crippen molar-refractivity contribution in [3.05, 3.63) is 17.8 Å². The Bertz CT molecular complexity index is 524. The molecule has 1 rings (SSSR count). The van der Waals surface area contributed by atoms with Gasteiger partial charge in [0.05, 0.1) is 6.20 Å². The Kier molecular flexibility index (Phi) is 6.35. The second kappa shape index (κ2) is 7.40. The van der Waals surface area contributed by atoms with Gasteiger partial charge in [-0.1, -0.05) is 20.8 Å². The van der Waals surface area contributed by atoms with Crippen molar-refractivity contribution in [3.8, 4) is 0 Å². The third-order valence-electron chi connectivity index (χ3n) is 3.15. The highest BCUT2D eigenvalue weighted by atomic mass is 32.2. The van der Waals surface area contributed by atoms with E-state index in [1.54, 1.807) is 6.20 Å². The molecule has 1 amide bonds. The molecule has 1 aromatic heterocycles. The summed E-state index contributed by atoms with van der Waals surface area (Å²) in [6.45, 7) is 12.4. The number of carbonyl (C=O) groups is 1. The molecule has 0 aromatic carbocycles. The zero-order valence-corrected chi connectivity index (χ0v) is 15.3. The summed E-state index contributed by atoms with van der Waals surface area (Å²) in [6.07, 6.45) is 2.52. The zero-order chi connectivity index (χ0) is 17.0. The number of aryl methyl sites for hydroxylation is 1. The quantitative estimate of drug-likeness (QED) is 0.871. The van der Waals surface area contributed by atoms with E-state index in [2.05, 4.69) is 31.1 Å². The molecular weight excluding hydrogens is 300 g/mol. The van der Waals surface area contributed by atoms with Crippen LogP contribution in [-0.4, -0.2) is 32.1 Å². The van der Waals surface area contributed by atoms with E-state index in [1.165, 1.54) is 0 Å². The molecule has 1 atom stereocenters. The lowest BCUT2D eigenvalue weighted by Gasteiger charge is -2.17. The first-order valence-electron chi connectivity index (χ1n) is 7.60. The summed E-state index contributed by atoms with van der Waals surface area (Å²) in [7, 11) is -0.946. The Morgan fingerprint density at radius 3 is 2.41 bits per heavy atom. The van der Waals surface area contributed by atoms with Gasteiger partial charge in [0.2, 0.25) is 5.91 Å². The molecule has 0 unspecified atom stereocenters. The van der Waals surface area contributed by atoms with Crippen molar-refractivity contribution in [1.29, 1.82) is 0 Å². The molecule has 22 heavy (non-hydrogen) atoms. The Labute approximate surface area is 135 Å². The number of carbonyl (C=O) groups excluding carboxylic acids is 1. The Morgan fingerprint density at radius 2 is 1.91 bits per heavy atom. The topological polar surface area (TPSA) is 72.2 Å². The summed E-state index contributed by atoms with van der Waals surface area (Å²) in [6, 6.07) is 0. The van der Waals surface area contributed by atoms with Gasteiger partial charge in [0.1, 0.15) is 5.76 Å². The van der Waals surface area contributed by atoms with E-state index in [4.69, 9.17) is 4.42 Å². The van der Waals surface area contributed by atoms with Crippen molar-refractivity contribution in [1.82, 2.24) is 10.3 Å². The average Bonchev–Trinajstić information content (AvgIpc) is 2.83. The van der Waals surface area contributed by atoms with Crippen LogP contribution in [0.3, 0.4) is 0 Å². The molecule has 6 heteroatoms. The highest BCUT2D eigenvalue weighted by Gasteiger charge is 2.20. The summed E-state index contributed by atoms with van der Waals surface area (Å²) < 4.78 is 17.3. The van der Waals surface area contributed by atoms with Crippen molar-refractivity contribution in [3.63, 3.8) is 0 Å². The molecule has 0 saturated heterocycles. The van der Waals surface area contributed by atoms with Gasteiger partial charge in [0, 0.05) is 46.1 Å². The maximum atomic E-state index is 11.9. The molecule has 126 valence electrons. The predicted octanol–water partition coefficient (Wildman–Crippen LogP) is 2.57. The van der Waals surface area contributed by atoms with E-state index >= 15 is 0 Å². The third-order valence-corrected chi connectivity index (χ3v) is 5.09. The van der Waals surface area contributed by atoms with E-state index in [1.807, 2.05) is 20.8 Å². The van der Waals surface area contributed by atoms with Crippen molar-refractivity contribution < 1.29 is 13.4 Å². The summed E-state index contributed by atoms with van der Waals surface area (Å²) in [5.74, 6) is 1.81. The summed E-state index contributed by atoms with van der Waals surface area (Å²) in [4.78, 5) is 16.0. The second-order valence-electron chi connectivity index (χ2n) is 7.38. The second-order valence-corrected chi connectivity index (χ2v) is 9.70. The molecule has 0 spiro atoms. The van der Waals surface area contributed by atoms with Crippen LogP contribution in [0.15, 0.2) is 10.6 Å². The fourth-order valence-corrected chi connectivity index (χ4v) is 2.57. The third kappa shape index (κ3) is 6.30. The zero-order valence-electron chi connectivity index (χ0n) is 14.5. The van der Waals surface area contributed by atoms with Gasteiger partial charge in [-0.2, -0.15) is 0 Å². The van der Waals surface area contributed by atoms with Gasteiger partial charge in [-0.15, -0.1) is 0 Å².